The maximum absolute atomic E-state index is 11.0. The van der Waals surface area contributed by atoms with Crippen LogP contribution in [0.25, 0.3) is 0 Å². The SMILES string of the molecule is CC(C)n1cnnc1CS(C)(=O)=O. The summed E-state index contributed by atoms with van der Waals surface area (Å²) in [6.07, 6.45) is 2.73. The van der Waals surface area contributed by atoms with Gasteiger partial charge >= 0.3 is 0 Å². The smallest absolute Gasteiger partial charge is 0.154 e. The summed E-state index contributed by atoms with van der Waals surface area (Å²) < 4.78 is 23.7. The summed E-state index contributed by atoms with van der Waals surface area (Å²) in [6, 6.07) is 0.187. The molecule has 1 aromatic rings. The molecule has 6 heteroatoms. The van der Waals surface area contributed by atoms with Crippen molar-refractivity contribution < 1.29 is 8.42 Å². The van der Waals surface area contributed by atoms with E-state index in [1.54, 1.807) is 10.9 Å². The molecule has 0 saturated carbocycles. The maximum atomic E-state index is 11.0. The van der Waals surface area contributed by atoms with E-state index >= 15 is 0 Å². The number of aromatic nitrogens is 3. The number of rotatable bonds is 3. The van der Waals surface area contributed by atoms with Gasteiger partial charge in [-0.1, -0.05) is 0 Å². The normalized spacial score (nSPS) is 12.3. The van der Waals surface area contributed by atoms with Crippen molar-refractivity contribution in [3.63, 3.8) is 0 Å². The van der Waals surface area contributed by atoms with Gasteiger partial charge in [0.05, 0.1) is 0 Å². The second-order valence-electron chi connectivity index (χ2n) is 3.32. The van der Waals surface area contributed by atoms with Gasteiger partial charge in [0.25, 0.3) is 0 Å². The Morgan fingerprint density at radius 3 is 2.62 bits per heavy atom. The van der Waals surface area contributed by atoms with Crippen LogP contribution in [0, 0.1) is 0 Å². The van der Waals surface area contributed by atoms with E-state index in [1.165, 1.54) is 6.26 Å². The molecule has 0 aliphatic carbocycles. The van der Waals surface area contributed by atoms with Crippen LogP contribution in [-0.4, -0.2) is 29.4 Å². The van der Waals surface area contributed by atoms with E-state index in [0.29, 0.717) is 5.82 Å². The fraction of sp³-hybridized carbons (Fsp3) is 0.714. The van der Waals surface area contributed by atoms with Crippen molar-refractivity contribution in [2.75, 3.05) is 6.26 Å². The summed E-state index contributed by atoms with van der Waals surface area (Å²) in [5.41, 5.74) is 0. The monoisotopic (exact) mass is 203 g/mol. The highest BCUT2D eigenvalue weighted by molar-refractivity contribution is 7.89. The van der Waals surface area contributed by atoms with Crippen molar-refractivity contribution >= 4 is 9.84 Å². The van der Waals surface area contributed by atoms with Crippen LogP contribution in [0.5, 0.6) is 0 Å². The molecule has 1 aromatic heterocycles. The van der Waals surface area contributed by atoms with Gasteiger partial charge in [0.1, 0.15) is 17.9 Å². The first kappa shape index (κ1) is 10.2. The summed E-state index contributed by atoms with van der Waals surface area (Å²) >= 11 is 0. The lowest BCUT2D eigenvalue weighted by Gasteiger charge is -2.08. The molecule has 0 saturated heterocycles. The Morgan fingerprint density at radius 2 is 2.15 bits per heavy atom. The highest BCUT2D eigenvalue weighted by Crippen LogP contribution is 2.08. The van der Waals surface area contributed by atoms with E-state index in [4.69, 9.17) is 0 Å². The highest BCUT2D eigenvalue weighted by atomic mass is 32.2. The van der Waals surface area contributed by atoms with Crippen LogP contribution in [-0.2, 0) is 15.6 Å². The van der Waals surface area contributed by atoms with Gasteiger partial charge in [-0.2, -0.15) is 0 Å². The first-order chi connectivity index (χ1) is 5.90. The minimum atomic E-state index is -3.03. The second kappa shape index (κ2) is 3.45. The van der Waals surface area contributed by atoms with Crippen LogP contribution in [0.2, 0.25) is 0 Å². The summed E-state index contributed by atoms with van der Waals surface area (Å²) in [7, 11) is -3.03. The van der Waals surface area contributed by atoms with Gasteiger partial charge in [-0.3, -0.25) is 0 Å². The zero-order valence-corrected chi connectivity index (χ0v) is 8.74. The van der Waals surface area contributed by atoms with E-state index in [0.717, 1.165) is 0 Å². The lowest BCUT2D eigenvalue weighted by molar-refractivity contribution is 0.568. The molecule has 0 spiro atoms. The predicted octanol–water partition coefficient (Wildman–Crippen LogP) is 0.404. The molecule has 13 heavy (non-hydrogen) atoms. The highest BCUT2D eigenvalue weighted by Gasteiger charge is 2.12. The Morgan fingerprint density at radius 1 is 1.54 bits per heavy atom. The predicted molar refractivity (Wildman–Crippen MR) is 49.0 cm³/mol. The van der Waals surface area contributed by atoms with Gasteiger partial charge in [0, 0.05) is 12.3 Å². The fourth-order valence-corrected chi connectivity index (χ4v) is 1.71. The van der Waals surface area contributed by atoms with Crippen LogP contribution < -0.4 is 0 Å². The zero-order valence-electron chi connectivity index (χ0n) is 7.93. The number of hydrogen-bond donors (Lipinski definition) is 0. The van der Waals surface area contributed by atoms with Crippen LogP contribution in [0.15, 0.2) is 6.33 Å². The molecule has 0 atom stereocenters. The summed E-state index contributed by atoms with van der Waals surface area (Å²) in [5.74, 6) is 0.447. The number of sulfone groups is 1. The number of nitrogens with zero attached hydrogens (tertiary/aromatic N) is 3. The van der Waals surface area contributed by atoms with Crippen LogP contribution in [0.1, 0.15) is 25.7 Å². The van der Waals surface area contributed by atoms with Crippen LogP contribution in [0.4, 0.5) is 0 Å². The largest absolute Gasteiger partial charge is 0.314 e. The van der Waals surface area contributed by atoms with E-state index < -0.39 is 9.84 Å². The van der Waals surface area contributed by atoms with Crippen molar-refractivity contribution in [1.29, 1.82) is 0 Å². The first-order valence-corrected chi connectivity index (χ1v) is 6.02. The molecule has 0 bridgehead atoms. The minimum absolute atomic E-state index is 0.0504. The average Bonchev–Trinajstić information content (AvgIpc) is 2.31. The third-order valence-corrected chi connectivity index (χ3v) is 2.38. The van der Waals surface area contributed by atoms with Crippen molar-refractivity contribution in [2.45, 2.75) is 25.6 Å². The van der Waals surface area contributed by atoms with E-state index in [2.05, 4.69) is 10.2 Å². The third kappa shape index (κ3) is 2.80. The van der Waals surface area contributed by atoms with Crippen LogP contribution >= 0.6 is 0 Å². The molecule has 0 amide bonds. The van der Waals surface area contributed by atoms with Crippen molar-refractivity contribution in [3.8, 4) is 0 Å². The van der Waals surface area contributed by atoms with Gasteiger partial charge in [-0.05, 0) is 13.8 Å². The standard InChI is InChI=1S/C7H13N3O2S/c1-6(2)10-5-8-9-7(10)4-13(3,11)12/h5-6H,4H2,1-3H3. The van der Waals surface area contributed by atoms with E-state index in [-0.39, 0.29) is 11.8 Å². The van der Waals surface area contributed by atoms with Gasteiger partial charge < -0.3 is 4.57 Å². The summed E-state index contributed by atoms with van der Waals surface area (Å²) in [6.45, 7) is 3.91. The van der Waals surface area contributed by atoms with Crippen LogP contribution in [0.3, 0.4) is 0 Å². The van der Waals surface area contributed by atoms with Gasteiger partial charge in [-0.25, -0.2) is 8.42 Å². The van der Waals surface area contributed by atoms with E-state index in [9.17, 15) is 8.42 Å². The van der Waals surface area contributed by atoms with Gasteiger partial charge in [-0.15, -0.1) is 10.2 Å². The number of hydrogen-bond acceptors (Lipinski definition) is 4. The van der Waals surface area contributed by atoms with Crippen molar-refractivity contribution in [2.24, 2.45) is 0 Å². The zero-order chi connectivity index (χ0) is 10.1. The van der Waals surface area contributed by atoms with Crippen molar-refractivity contribution in [1.82, 2.24) is 14.8 Å². The molecule has 5 nitrogen and oxygen atoms in total. The molecule has 0 aliphatic heterocycles. The molecule has 0 N–H and O–H groups in total. The molecule has 74 valence electrons. The Hall–Kier alpha value is -0.910. The Kier molecular flexibility index (Phi) is 2.70. The van der Waals surface area contributed by atoms with Gasteiger partial charge in [0.15, 0.2) is 9.84 Å². The molecule has 0 radical (unpaired) electrons. The lowest BCUT2D eigenvalue weighted by Crippen LogP contribution is -2.10. The minimum Gasteiger partial charge on any atom is -0.314 e. The average molecular weight is 203 g/mol. The quantitative estimate of drug-likeness (QED) is 0.713. The Labute approximate surface area is 77.7 Å². The topological polar surface area (TPSA) is 64.8 Å². The van der Waals surface area contributed by atoms with Gasteiger partial charge in [0.2, 0.25) is 0 Å². The second-order valence-corrected chi connectivity index (χ2v) is 5.46. The van der Waals surface area contributed by atoms with E-state index in [1.807, 2.05) is 13.8 Å². The molecular weight excluding hydrogens is 190 g/mol. The summed E-state index contributed by atoms with van der Waals surface area (Å²) in [4.78, 5) is 0. The van der Waals surface area contributed by atoms with Crippen molar-refractivity contribution in [3.05, 3.63) is 12.2 Å². The maximum Gasteiger partial charge on any atom is 0.154 e. The molecule has 0 unspecified atom stereocenters. The molecule has 0 aromatic carbocycles. The fourth-order valence-electron chi connectivity index (χ4n) is 1.04. The Bertz CT molecular complexity index is 380. The Balaban J connectivity index is 2.96. The molecule has 0 aliphatic rings. The summed E-state index contributed by atoms with van der Waals surface area (Å²) in [5, 5.41) is 7.43. The first-order valence-electron chi connectivity index (χ1n) is 3.96. The molecule has 1 heterocycles. The molecular formula is C7H13N3O2S. The molecule has 1 rings (SSSR count). The molecule has 0 fully saturated rings. The third-order valence-electron chi connectivity index (χ3n) is 1.59. The lowest BCUT2D eigenvalue weighted by atomic mass is 10.4.